The Bertz CT molecular complexity index is 960. The van der Waals surface area contributed by atoms with Gasteiger partial charge in [-0.25, -0.2) is 0 Å². The van der Waals surface area contributed by atoms with Gasteiger partial charge in [0, 0.05) is 19.6 Å². The van der Waals surface area contributed by atoms with E-state index in [4.69, 9.17) is 4.74 Å². The van der Waals surface area contributed by atoms with E-state index in [1.54, 1.807) is 7.11 Å². The molecule has 0 aliphatic heterocycles. The van der Waals surface area contributed by atoms with E-state index in [0.29, 0.717) is 17.8 Å². The Morgan fingerprint density at radius 2 is 1.78 bits per heavy atom. The number of hydrogen-bond donors (Lipinski definition) is 0. The van der Waals surface area contributed by atoms with Crippen LogP contribution >= 0.6 is 0 Å². The van der Waals surface area contributed by atoms with Crippen molar-refractivity contribution in [3.63, 3.8) is 0 Å². The molecule has 0 saturated heterocycles. The van der Waals surface area contributed by atoms with Crippen LogP contribution in [0.15, 0.2) is 54.1 Å². The summed E-state index contributed by atoms with van der Waals surface area (Å²) < 4.78 is 5.22. The molecule has 32 heavy (non-hydrogen) atoms. The average Bonchev–Trinajstić information content (AvgIpc) is 3.15. The SMILES string of the molecule is CC.CCCC(C)C(C)c1cc2cc(C3=CC=C(C)C3C)ccc2cc1/C=C\CCOC. The van der Waals surface area contributed by atoms with Gasteiger partial charge < -0.3 is 4.74 Å². The second kappa shape index (κ2) is 12.8. The van der Waals surface area contributed by atoms with Crippen LogP contribution in [-0.4, -0.2) is 13.7 Å². The fourth-order valence-corrected chi connectivity index (χ4v) is 4.56. The van der Waals surface area contributed by atoms with Crippen molar-refractivity contribution in [1.29, 1.82) is 0 Å². The molecule has 1 heteroatoms. The number of rotatable bonds is 9. The van der Waals surface area contributed by atoms with Crippen LogP contribution in [0.25, 0.3) is 22.4 Å². The van der Waals surface area contributed by atoms with Gasteiger partial charge in [-0.3, -0.25) is 0 Å². The highest BCUT2D eigenvalue weighted by Crippen LogP contribution is 2.37. The molecule has 1 aliphatic carbocycles. The zero-order valence-electron chi connectivity index (χ0n) is 21.7. The summed E-state index contributed by atoms with van der Waals surface area (Å²) in [5, 5.41) is 2.67. The summed E-state index contributed by atoms with van der Waals surface area (Å²) in [4.78, 5) is 0. The van der Waals surface area contributed by atoms with Gasteiger partial charge in [0.05, 0.1) is 0 Å². The van der Waals surface area contributed by atoms with E-state index >= 15 is 0 Å². The molecule has 1 aliphatic rings. The molecule has 1 nitrogen and oxygen atoms in total. The van der Waals surface area contributed by atoms with E-state index in [0.717, 1.165) is 13.0 Å². The van der Waals surface area contributed by atoms with Crippen LogP contribution < -0.4 is 0 Å². The molecule has 3 rings (SSSR count). The summed E-state index contributed by atoms with van der Waals surface area (Å²) in [5.74, 6) is 1.72. The largest absolute Gasteiger partial charge is 0.384 e. The van der Waals surface area contributed by atoms with Crippen molar-refractivity contribution >= 4 is 22.4 Å². The van der Waals surface area contributed by atoms with Gasteiger partial charge in [-0.1, -0.05) is 102 Å². The highest BCUT2D eigenvalue weighted by atomic mass is 16.5. The number of methoxy groups -OCH3 is 1. The van der Waals surface area contributed by atoms with E-state index in [-0.39, 0.29) is 0 Å². The van der Waals surface area contributed by atoms with Crippen LogP contribution in [0.4, 0.5) is 0 Å². The molecule has 0 heterocycles. The summed E-state index contributed by atoms with van der Waals surface area (Å²) >= 11 is 0. The fraction of sp³-hybridized carbons (Fsp3) is 0.484. The highest BCUT2D eigenvalue weighted by Gasteiger charge is 2.19. The van der Waals surface area contributed by atoms with Crippen LogP contribution in [0.3, 0.4) is 0 Å². The molecule has 0 bridgehead atoms. The molecule has 0 spiro atoms. The Balaban J connectivity index is 0.00000176. The van der Waals surface area contributed by atoms with Crippen molar-refractivity contribution in [1.82, 2.24) is 0 Å². The van der Waals surface area contributed by atoms with Gasteiger partial charge in [-0.05, 0) is 70.3 Å². The first kappa shape index (κ1) is 26.1. The molecule has 0 radical (unpaired) electrons. The van der Waals surface area contributed by atoms with Crippen LogP contribution in [-0.2, 0) is 4.74 Å². The summed E-state index contributed by atoms with van der Waals surface area (Å²) in [6.45, 7) is 16.4. The number of hydrogen-bond acceptors (Lipinski definition) is 1. The van der Waals surface area contributed by atoms with Gasteiger partial charge in [-0.15, -0.1) is 0 Å². The van der Waals surface area contributed by atoms with Gasteiger partial charge in [-0.2, -0.15) is 0 Å². The van der Waals surface area contributed by atoms with Crippen molar-refractivity contribution in [3.8, 4) is 0 Å². The standard InChI is InChI=1S/C29H38O.C2H6/c1-7-10-20(2)23(5)29-19-27-18-26(28-15-12-21(3)22(28)4)14-13-24(27)17-25(29)11-8-9-16-30-6;1-2/h8,11-15,17-20,22-23H,7,9-10,16H2,1-6H3;1-2H3/b11-8-;. The fourth-order valence-electron chi connectivity index (χ4n) is 4.56. The smallest absolute Gasteiger partial charge is 0.0496 e. The topological polar surface area (TPSA) is 9.23 Å². The maximum absolute atomic E-state index is 5.22. The average molecular weight is 433 g/mol. The first-order chi connectivity index (χ1) is 15.5. The Labute approximate surface area is 197 Å². The number of benzene rings is 2. The second-order valence-electron chi connectivity index (χ2n) is 9.04. The minimum absolute atomic E-state index is 0.508. The van der Waals surface area contributed by atoms with Crippen molar-refractivity contribution < 1.29 is 4.74 Å². The number of allylic oxidation sites excluding steroid dienone is 4. The predicted octanol–water partition coefficient (Wildman–Crippen LogP) is 9.43. The van der Waals surface area contributed by atoms with Crippen molar-refractivity contribution in [2.24, 2.45) is 11.8 Å². The third-order valence-electron chi connectivity index (χ3n) is 6.92. The zero-order valence-corrected chi connectivity index (χ0v) is 21.7. The lowest BCUT2D eigenvalue weighted by Crippen LogP contribution is -2.08. The molecule has 0 fully saturated rings. The summed E-state index contributed by atoms with van der Waals surface area (Å²) in [6.07, 6.45) is 12.6. The quantitative estimate of drug-likeness (QED) is 0.358. The van der Waals surface area contributed by atoms with Gasteiger partial charge in [0.1, 0.15) is 0 Å². The Hall–Kier alpha value is -2.12. The summed E-state index contributed by atoms with van der Waals surface area (Å²) in [5.41, 5.74) is 7.06. The predicted molar refractivity (Wildman–Crippen MR) is 144 cm³/mol. The highest BCUT2D eigenvalue weighted by molar-refractivity contribution is 5.90. The van der Waals surface area contributed by atoms with E-state index in [1.165, 1.54) is 51.5 Å². The minimum Gasteiger partial charge on any atom is -0.384 e. The van der Waals surface area contributed by atoms with E-state index < -0.39 is 0 Å². The third-order valence-corrected chi connectivity index (χ3v) is 6.92. The number of fused-ring (bicyclic) bond motifs is 1. The lowest BCUT2D eigenvalue weighted by molar-refractivity contribution is 0.204. The Morgan fingerprint density at radius 1 is 1.03 bits per heavy atom. The molecule has 2 aromatic carbocycles. The molecule has 3 atom stereocenters. The monoisotopic (exact) mass is 432 g/mol. The van der Waals surface area contributed by atoms with E-state index in [9.17, 15) is 0 Å². The number of ether oxygens (including phenoxy) is 1. The third kappa shape index (κ3) is 6.23. The maximum atomic E-state index is 5.22. The van der Waals surface area contributed by atoms with Crippen molar-refractivity contribution in [2.75, 3.05) is 13.7 Å². The normalized spacial score (nSPS) is 17.7. The zero-order chi connectivity index (χ0) is 23.7. The van der Waals surface area contributed by atoms with Crippen LogP contribution in [0.5, 0.6) is 0 Å². The van der Waals surface area contributed by atoms with Gasteiger partial charge in [0.25, 0.3) is 0 Å². The molecule has 174 valence electrons. The van der Waals surface area contributed by atoms with E-state index in [2.05, 4.69) is 89.3 Å². The Morgan fingerprint density at radius 3 is 2.41 bits per heavy atom. The van der Waals surface area contributed by atoms with Gasteiger partial charge >= 0.3 is 0 Å². The molecular weight excluding hydrogens is 388 g/mol. The first-order valence-corrected chi connectivity index (χ1v) is 12.6. The van der Waals surface area contributed by atoms with Crippen LogP contribution in [0.1, 0.15) is 90.3 Å². The molecular formula is C31H44O. The molecule has 0 aromatic heterocycles. The van der Waals surface area contributed by atoms with Crippen molar-refractivity contribution in [3.05, 3.63) is 70.8 Å². The van der Waals surface area contributed by atoms with Crippen LogP contribution in [0, 0.1) is 11.8 Å². The van der Waals surface area contributed by atoms with Gasteiger partial charge in [0.15, 0.2) is 0 Å². The first-order valence-electron chi connectivity index (χ1n) is 12.6. The van der Waals surface area contributed by atoms with E-state index in [1.807, 2.05) is 13.8 Å². The summed E-state index contributed by atoms with van der Waals surface area (Å²) in [7, 11) is 1.76. The maximum Gasteiger partial charge on any atom is 0.0496 e. The molecule has 0 N–H and O–H groups in total. The van der Waals surface area contributed by atoms with Gasteiger partial charge in [0.2, 0.25) is 0 Å². The second-order valence-corrected chi connectivity index (χ2v) is 9.04. The molecule has 3 unspecified atom stereocenters. The molecule has 0 amide bonds. The molecule has 0 saturated carbocycles. The van der Waals surface area contributed by atoms with Crippen molar-refractivity contribution in [2.45, 2.75) is 73.6 Å². The minimum atomic E-state index is 0.508. The lowest BCUT2D eigenvalue weighted by atomic mass is 9.82. The molecule has 2 aromatic rings. The lowest BCUT2D eigenvalue weighted by Gasteiger charge is -2.23. The summed E-state index contributed by atoms with van der Waals surface area (Å²) in [6, 6.07) is 11.8. The van der Waals surface area contributed by atoms with Crippen LogP contribution in [0.2, 0.25) is 0 Å². The Kier molecular flexibility index (Phi) is 10.5.